The number of nitrogens with one attached hydrogen (secondary N) is 1. The van der Waals surface area contributed by atoms with Crippen LogP contribution in [0.25, 0.3) is 0 Å². The molecule has 2 aromatic rings. The molecule has 0 aliphatic rings. The van der Waals surface area contributed by atoms with Gasteiger partial charge >= 0.3 is 6.36 Å². The minimum atomic E-state index is -4.74. The van der Waals surface area contributed by atoms with Crippen LogP contribution in [0.1, 0.15) is 29.0 Å². The van der Waals surface area contributed by atoms with Gasteiger partial charge in [0.25, 0.3) is 5.91 Å². The third-order valence-corrected chi connectivity index (χ3v) is 3.60. The molecule has 9 heteroatoms. The molecule has 6 nitrogen and oxygen atoms in total. The van der Waals surface area contributed by atoms with Gasteiger partial charge in [0.2, 0.25) is 5.91 Å². The summed E-state index contributed by atoms with van der Waals surface area (Å²) < 4.78 is 45.1. The SMILES string of the molecule is CN(Cc1ccc(OC(F)(F)F)cc1)C(=O)CCCNC(=O)c1ccco1. The molecule has 1 N–H and O–H groups in total. The molecule has 146 valence electrons. The first-order chi connectivity index (χ1) is 12.7. The van der Waals surface area contributed by atoms with E-state index in [1.807, 2.05) is 0 Å². The van der Waals surface area contributed by atoms with Gasteiger partial charge in [-0.25, -0.2) is 0 Å². The summed E-state index contributed by atoms with van der Waals surface area (Å²) in [6, 6.07) is 8.48. The van der Waals surface area contributed by atoms with E-state index in [2.05, 4.69) is 10.1 Å². The molecular formula is C18H19F3N2O4. The van der Waals surface area contributed by atoms with Crippen molar-refractivity contribution in [3.8, 4) is 5.75 Å². The maximum absolute atomic E-state index is 12.1. The van der Waals surface area contributed by atoms with E-state index >= 15 is 0 Å². The third kappa shape index (κ3) is 7.04. The predicted molar refractivity (Wildman–Crippen MR) is 89.9 cm³/mol. The zero-order valence-electron chi connectivity index (χ0n) is 14.6. The lowest BCUT2D eigenvalue weighted by Gasteiger charge is -2.17. The largest absolute Gasteiger partial charge is 0.573 e. The fourth-order valence-corrected chi connectivity index (χ4v) is 2.29. The molecule has 0 atom stereocenters. The number of halogens is 3. The van der Waals surface area contributed by atoms with Crippen LogP contribution in [0.5, 0.6) is 5.75 Å². The Balaban J connectivity index is 1.71. The summed E-state index contributed by atoms with van der Waals surface area (Å²) in [4.78, 5) is 25.2. The van der Waals surface area contributed by atoms with Crippen molar-refractivity contribution in [1.29, 1.82) is 0 Å². The van der Waals surface area contributed by atoms with E-state index in [0.717, 1.165) is 0 Å². The van der Waals surface area contributed by atoms with Crippen LogP contribution < -0.4 is 10.1 Å². The molecule has 0 spiro atoms. The first-order valence-corrected chi connectivity index (χ1v) is 8.15. The number of nitrogens with zero attached hydrogens (tertiary/aromatic N) is 1. The zero-order valence-corrected chi connectivity index (χ0v) is 14.6. The number of ether oxygens (including phenoxy) is 1. The number of alkyl halides is 3. The van der Waals surface area contributed by atoms with Crippen molar-refractivity contribution in [3.63, 3.8) is 0 Å². The molecule has 0 radical (unpaired) electrons. The Morgan fingerprint density at radius 1 is 1.19 bits per heavy atom. The fraction of sp³-hybridized carbons (Fsp3) is 0.333. The normalized spacial score (nSPS) is 11.1. The summed E-state index contributed by atoms with van der Waals surface area (Å²) >= 11 is 0. The predicted octanol–water partition coefficient (Wildman–Crippen LogP) is 3.35. The topological polar surface area (TPSA) is 71.8 Å². The highest BCUT2D eigenvalue weighted by Crippen LogP contribution is 2.23. The average Bonchev–Trinajstić information content (AvgIpc) is 3.13. The van der Waals surface area contributed by atoms with E-state index < -0.39 is 6.36 Å². The first kappa shape index (κ1) is 20.3. The molecule has 1 heterocycles. The van der Waals surface area contributed by atoms with Gasteiger partial charge < -0.3 is 19.4 Å². The standard InChI is InChI=1S/C18H19F3N2O4/c1-23(12-13-6-8-14(9-7-13)27-18(19,20)21)16(24)5-2-10-22-17(25)15-4-3-11-26-15/h3-4,6-9,11H,2,5,10,12H2,1H3,(H,22,25). The number of hydrogen-bond acceptors (Lipinski definition) is 4. The number of furan rings is 1. The molecule has 1 aromatic carbocycles. The third-order valence-electron chi connectivity index (χ3n) is 3.60. The highest BCUT2D eigenvalue weighted by Gasteiger charge is 2.30. The van der Waals surface area contributed by atoms with Crippen LogP contribution in [-0.4, -0.2) is 36.7 Å². The number of carbonyl (C=O) groups excluding carboxylic acids is 2. The fourth-order valence-electron chi connectivity index (χ4n) is 2.29. The second-order valence-corrected chi connectivity index (χ2v) is 5.78. The molecule has 0 saturated carbocycles. The van der Waals surface area contributed by atoms with Crippen LogP contribution in [-0.2, 0) is 11.3 Å². The summed E-state index contributed by atoms with van der Waals surface area (Å²) in [6.45, 7) is 0.576. The number of amides is 2. The Morgan fingerprint density at radius 3 is 2.48 bits per heavy atom. The molecule has 0 aliphatic carbocycles. The van der Waals surface area contributed by atoms with E-state index in [1.165, 1.54) is 35.4 Å². The molecule has 0 saturated heterocycles. The summed E-state index contributed by atoms with van der Waals surface area (Å²) in [5.41, 5.74) is 0.673. The number of rotatable bonds is 8. The maximum atomic E-state index is 12.1. The minimum Gasteiger partial charge on any atom is -0.459 e. The summed E-state index contributed by atoms with van der Waals surface area (Å²) in [7, 11) is 1.60. The second kappa shape index (κ2) is 9.11. The molecule has 0 aliphatic heterocycles. The highest BCUT2D eigenvalue weighted by atomic mass is 19.4. The number of carbonyl (C=O) groups is 2. The van der Waals surface area contributed by atoms with E-state index in [9.17, 15) is 22.8 Å². The van der Waals surface area contributed by atoms with Gasteiger partial charge in [-0.3, -0.25) is 9.59 Å². The van der Waals surface area contributed by atoms with Gasteiger partial charge in [-0.15, -0.1) is 13.2 Å². The molecule has 0 bridgehead atoms. The van der Waals surface area contributed by atoms with Crippen LogP contribution in [0, 0.1) is 0 Å². The van der Waals surface area contributed by atoms with E-state index in [-0.39, 0.29) is 36.3 Å². The second-order valence-electron chi connectivity index (χ2n) is 5.78. The number of hydrogen-bond donors (Lipinski definition) is 1. The van der Waals surface area contributed by atoms with Gasteiger partial charge in [0, 0.05) is 26.6 Å². The summed E-state index contributed by atoms with van der Waals surface area (Å²) in [5.74, 6) is -0.594. The first-order valence-electron chi connectivity index (χ1n) is 8.15. The van der Waals surface area contributed by atoms with E-state index in [0.29, 0.717) is 18.5 Å². The summed E-state index contributed by atoms with van der Waals surface area (Å²) in [6.07, 6.45) is -2.66. The summed E-state index contributed by atoms with van der Waals surface area (Å²) in [5, 5.41) is 2.64. The smallest absolute Gasteiger partial charge is 0.459 e. The van der Waals surface area contributed by atoms with Crippen molar-refractivity contribution in [3.05, 3.63) is 54.0 Å². The Labute approximate surface area is 153 Å². The molecular weight excluding hydrogens is 365 g/mol. The molecule has 2 amide bonds. The van der Waals surface area contributed by atoms with Gasteiger partial charge in [0.15, 0.2) is 5.76 Å². The highest BCUT2D eigenvalue weighted by molar-refractivity contribution is 5.91. The van der Waals surface area contributed by atoms with Gasteiger partial charge in [0.05, 0.1) is 6.26 Å². The lowest BCUT2D eigenvalue weighted by Crippen LogP contribution is -2.28. The van der Waals surface area contributed by atoms with Crippen molar-refractivity contribution in [2.75, 3.05) is 13.6 Å². The molecule has 1 aromatic heterocycles. The Morgan fingerprint density at radius 2 is 1.89 bits per heavy atom. The van der Waals surface area contributed by atoms with E-state index in [4.69, 9.17) is 4.42 Å². The van der Waals surface area contributed by atoms with E-state index in [1.54, 1.807) is 19.2 Å². The van der Waals surface area contributed by atoms with Gasteiger partial charge in [0.1, 0.15) is 5.75 Å². The molecule has 0 unspecified atom stereocenters. The van der Waals surface area contributed by atoms with Crippen molar-refractivity contribution in [2.45, 2.75) is 25.7 Å². The van der Waals surface area contributed by atoms with Crippen LogP contribution in [0.2, 0.25) is 0 Å². The average molecular weight is 384 g/mol. The van der Waals surface area contributed by atoms with Crippen LogP contribution in [0.4, 0.5) is 13.2 Å². The Bertz CT molecular complexity index is 743. The van der Waals surface area contributed by atoms with Crippen LogP contribution >= 0.6 is 0 Å². The number of benzene rings is 1. The van der Waals surface area contributed by atoms with Crippen molar-refractivity contribution in [2.24, 2.45) is 0 Å². The van der Waals surface area contributed by atoms with Crippen molar-refractivity contribution in [1.82, 2.24) is 10.2 Å². The lowest BCUT2D eigenvalue weighted by atomic mass is 10.2. The van der Waals surface area contributed by atoms with Gasteiger partial charge in [-0.05, 0) is 36.2 Å². The monoisotopic (exact) mass is 384 g/mol. The van der Waals surface area contributed by atoms with Gasteiger partial charge in [-0.2, -0.15) is 0 Å². The zero-order chi connectivity index (χ0) is 19.9. The molecule has 0 fully saturated rings. The quantitative estimate of drug-likeness (QED) is 0.709. The van der Waals surface area contributed by atoms with Crippen molar-refractivity contribution < 1.29 is 31.9 Å². The molecule has 2 rings (SSSR count). The Kier molecular flexibility index (Phi) is 6.86. The van der Waals surface area contributed by atoms with Crippen molar-refractivity contribution >= 4 is 11.8 Å². The maximum Gasteiger partial charge on any atom is 0.573 e. The Hall–Kier alpha value is -2.97. The minimum absolute atomic E-state index is 0.141. The lowest BCUT2D eigenvalue weighted by molar-refractivity contribution is -0.274. The van der Waals surface area contributed by atoms with Gasteiger partial charge in [-0.1, -0.05) is 12.1 Å². The molecule has 27 heavy (non-hydrogen) atoms. The van der Waals surface area contributed by atoms with Crippen LogP contribution in [0.3, 0.4) is 0 Å². The van der Waals surface area contributed by atoms with Crippen LogP contribution in [0.15, 0.2) is 47.1 Å².